The molecule has 98 valence electrons. The third-order valence-electron chi connectivity index (χ3n) is 2.51. The van der Waals surface area contributed by atoms with Crippen LogP contribution in [-0.4, -0.2) is 36.8 Å². The van der Waals surface area contributed by atoms with Crippen LogP contribution in [0.4, 0.5) is 4.39 Å². The Morgan fingerprint density at radius 3 is 2.89 bits per heavy atom. The maximum Gasteiger partial charge on any atom is 0.138 e. The van der Waals surface area contributed by atoms with Crippen LogP contribution < -0.4 is 5.73 Å². The van der Waals surface area contributed by atoms with Crippen LogP contribution in [0.15, 0.2) is 18.2 Å². The number of rotatable bonds is 5. The highest BCUT2D eigenvalue weighted by Gasteiger charge is 2.04. The Bertz CT molecular complexity index is 437. The van der Waals surface area contributed by atoms with Gasteiger partial charge in [0.05, 0.1) is 12.1 Å². The monoisotopic (exact) mass is 250 g/mol. The van der Waals surface area contributed by atoms with Crippen molar-refractivity contribution >= 4 is 0 Å². The second kappa shape index (κ2) is 7.83. The number of nitrogens with zero attached hydrogens (tertiary/aromatic N) is 1. The van der Waals surface area contributed by atoms with E-state index >= 15 is 0 Å². The zero-order valence-corrected chi connectivity index (χ0v) is 10.6. The molecule has 3 N–H and O–H groups in total. The van der Waals surface area contributed by atoms with Gasteiger partial charge < -0.3 is 15.7 Å². The van der Waals surface area contributed by atoms with Crippen LogP contribution in [0.5, 0.6) is 0 Å². The van der Waals surface area contributed by atoms with Crippen molar-refractivity contribution in [2.45, 2.75) is 13.0 Å². The zero-order valence-electron chi connectivity index (χ0n) is 10.6. The standard InChI is InChI=1S/C14H19FN2O/c1-17(8-3-9-18)11-12-5-6-14(15)13(10-12)4-2-7-16/h5-6,10,18H,3,7-9,11,16H2,1H3. The number of hydrogen-bond donors (Lipinski definition) is 2. The molecule has 0 atom stereocenters. The van der Waals surface area contributed by atoms with E-state index < -0.39 is 0 Å². The van der Waals surface area contributed by atoms with Crippen LogP contribution in [0.25, 0.3) is 0 Å². The van der Waals surface area contributed by atoms with Gasteiger partial charge in [0.25, 0.3) is 0 Å². The quantitative estimate of drug-likeness (QED) is 0.765. The summed E-state index contributed by atoms with van der Waals surface area (Å²) in [4.78, 5) is 2.07. The highest BCUT2D eigenvalue weighted by molar-refractivity contribution is 5.38. The summed E-state index contributed by atoms with van der Waals surface area (Å²) in [6.07, 6.45) is 0.734. The smallest absolute Gasteiger partial charge is 0.138 e. The highest BCUT2D eigenvalue weighted by Crippen LogP contribution is 2.11. The van der Waals surface area contributed by atoms with Gasteiger partial charge in [0.2, 0.25) is 0 Å². The van der Waals surface area contributed by atoms with E-state index in [1.165, 1.54) is 6.07 Å². The van der Waals surface area contributed by atoms with E-state index in [2.05, 4.69) is 16.7 Å². The normalized spacial score (nSPS) is 10.3. The van der Waals surface area contributed by atoms with Gasteiger partial charge in [-0.05, 0) is 31.2 Å². The van der Waals surface area contributed by atoms with E-state index in [1.54, 1.807) is 12.1 Å². The molecule has 1 aromatic rings. The average molecular weight is 250 g/mol. The summed E-state index contributed by atoms with van der Waals surface area (Å²) in [5.41, 5.74) is 6.65. The Hall–Kier alpha value is -1.41. The Kier molecular flexibility index (Phi) is 6.37. The lowest BCUT2D eigenvalue weighted by Crippen LogP contribution is -2.20. The van der Waals surface area contributed by atoms with Crippen LogP contribution >= 0.6 is 0 Å². The van der Waals surface area contributed by atoms with Gasteiger partial charge in [0.15, 0.2) is 0 Å². The summed E-state index contributed by atoms with van der Waals surface area (Å²) in [5, 5.41) is 8.75. The van der Waals surface area contributed by atoms with E-state index in [-0.39, 0.29) is 19.0 Å². The molecule has 3 nitrogen and oxygen atoms in total. The van der Waals surface area contributed by atoms with Crippen molar-refractivity contribution in [3.05, 3.63) is 35.1 Å². The van der Waals surface area contributed by atoms with Gasteiger partial charge in [-0.3, -0.25) is 0 Å². The van der Waals surface area contributed by atoms with E-state index in [0.29, 0.717) is 12.1 Å². The van der Waals surface area contributed by atoms with E-state index in [9.17, 15) is 4.39 Å². The van der Waals surface area contributed by atoms with Gasteiger partial charge in [0, 0.05) is 19.7 Å². The molecular formula is C14H19FN2O. The number of aliphatic hydroxyl groups is 1. The summed E-state index contributed by atoms with van der Waals surface area (Å²) in [7, 11) is 1.96. The molecule has 0 spiro atoms. The zero-order chi connectivity index (χ0) is 13.4. The molecular weight excluding hydrogens is 231 g/mol. The molecule has 0 amide bonds. The lowest BCUT2D eigenvalue weighted by atomic mass is 10.1. The first kappa shape index (κ1) is 14.7. The molecule has 0 aromatic heterocycles. The van der Waals surface area contributed by atoms with Crippen LogP contribution in [0.2, 0.25) is 0 Å². The van der Waals surface area contributed by atoms with Crippen molar-refractivity contribution in [2.75, 3.05) is 26.7 Å². The van der Waals surface area contributed by atoms with Gasteiger partial charge >= 0.3 is 0 Å². The predicted octanol–water partition coefficient (Wildman–Crippen LogP) is 0.950. The maximum atomic E-state index is 13.4. The van der Waals surface area contributed by atoms with Crippen LogP contribution in [0, 0.1) is 17.7 Å². The fourth-order valence-corrected chi connectivity index (χ4v) is 1.64. The molecule has 0 fully saturated rings. The first-order chi connectivity index (χ1) is 8.67. The largest absolute Gasteiger partial charge is 0.396 e. The molecule has 0 radical (unpaired) electrons. The third-order valence-corrected chi connectivity index (χ3v) is 2.51. The summed E-state index contributed by atoms with van der Waals surface area (Å²) in [5.74, 6) is 5.05. The Morgan fingerprint density at radius 2 is 2.22 bits per heavy atom. The number of hydrogen-bond acceptors (Lipinski definition) is 3. The van der Waals surface area contributed by atoms with Gasteiger partial charge in [-0.25, -0.2) is 4.39 Å². The molecule has 0 saturated heterocycles. The topological polar surface area (TPSA) is 49.5 Å². The number of nitrogens with two attached hydrogens (primary N) is 1. The Morgan fingerprint density at radius 1 is 1.44 bits per heavy atom. The Balaban J connectivity index is 2.72. The minimum atomic E-state index is -0.322. The summed E-state index contributed by atoms with van der Waals surface area (Å²) >= 11 is 0. The molecule has 18 heavy (non-hydrogen) atoms. The van der Waals surface area contributed by atoms with Crippen molar-refractivity contribution in [3.8, 4) is 11.8 Å². The molecule has 0 heterocycles. The van der Waals surface area contributed by atoms with Crippen molar-refractivity contribution in [3.63, 3.8) is 0 Å². The molecule has 0 bridgehead atoms. The van der Waals surface area contributed by atoms with E-state index in [1.807, 2.05) is 7.05 Å². The fourth-order valence-electron chi connectivity index (χ4n) is 1.64. The average Bonchev–Trinajstić information content (AvgIpc) is 2.37. The molecule has 0 aliphatic heterocycles. The van der Waals surface area contributed by atoms with Crippen molar-refractivity contribution in [2.24, 2.45) is 5.73 Å². The maximum absolute atomic E-state index is 13.4. The second-order valence-electron chi connectivity index (χ2n) is 4.14. The minimum Gasteiger partial charge on any atom is -0.396 e. The van der Waals surface area contributed by atoms with Gasteiger partial charge in [-0.1, -0.05) is 17.9 Å². The van der Waals surface area contributed by atoms with Crippen LogP contribution in [0.1, 0.15) is 17.5 Å². The lowest BCUT2D eigenvalue weighted by Gasteiger charge is -2.16. The Labute approximate surface area is 107 Å². The fraction of sp³-hybridized carbons (Fsp3) is 0.429. The molecule has 0 unspecified atom stereocenters. The van der Waals surface area contributed by atoms with Gasteiger partial charge in [-0.15, -0.1) is 0 Å². The van der Waals surface area contributed by atoms with E-state index in [0.717, 1.165) is 18.5 Å². The third kappa shape index (κ3) is 4.84. The first-order valence-corrected chi connectivity index (χ1v) is 5.94. The summed E-state index contributed by atoms with van der Waals surface area (Å²) in [6.45, 7) is 1.91. The van der Waals surface area contributed by atoms with Crippen LogP contribution in [-0.2, 0) is 6.54 Å². The second-order valence-corrected chi connectivity index (χ2v) is 4.14. The molecule has 0 aliphatic carbocycles. The number of benzene rings is 1. The molecule has 0 aliphatic rings. The molecule has 4 heteroatoms. The highest BCUT2D eigenvalue weighted by atomic mass is 19.1. The minimum absolute atomic E-state index is 0.182. The molecule has 1 rings (SSSR count). The van der Waals surface area contributed by atoms with Gasteiger partial charge in [-0.2, -0.15) is 0 Å². The molecule has 1 aromatic carbocycles. The molecule has 0 saturated carbocycles. The number of halogens is 1. The van der Waals surface area contributed by atoms with E-state index in [4.69, 9.17) is 10.8 Å². The van der Waals surface area contributed by atoms with Crippen molar-refractivity contribution in [1.29, 1.82) is 0 Å². The lowest BCUT2D eigenvalue weighted by molar-refractivity contribution is 0.244. The first-order valence-electron chi connectivity index (χ1n) is 5.94. The van der Waals surface area contributed by atoms with Crippen molar-refractivity contribution in [1.82, 2.24) is 4.90 Å². The summed E-state index contributed by atoms with van der Waals surface area (Å²) < 4.78 is 13.4. The summed E-state index contributed by atoms with van der Waals surface area (Å²) in [6, 6.07) is 4.92. The number of aliphatic hydroxyl groups excluding tert-OH is 1. The van der Waals surface area contributed by atoms with Crippen molar-refractivity contribution < 1.29 is 9.50 Å². The van der Waals surface area contributed by atoms with Crippen LogP contribution in [0.3, 0.4) is 0 Å². The SMILES string of the molecule is CN(CCCO)Cc1ccc(F)c(C#CCN)c1. The van der Waals surface area contributed by atoms with Gasteiger partial charge in [0.1, 0.15) is 5.82 Å². The predicted molar refractivity (Wildman–Crippen MR) is 70.4 cm³/mol.